The van der Waals surface area contributed by atoms with Crippen molar-refractivity contribution >= 4 is 11.3 Å². The average Bonchev–Trinajstić information content (AvgIpc) is 2.82. The van der Waals surface area contributed by atoms with Crippen molar-refractivity contribution in [2.45, 2.75) is 20.0 Å². The molecule has 0 spiro atoms. The van der Waals surface area contributed by atoms with E-state index in [2.05, 4.69) is 15.5 Å². The van der Waals surface area contributed by atoms with Crippen LogP contribution in [-0.4, -0.2) is 23.8 Å². The SMILES string of the molecule is CNCCc1nnc(COc2cccc(C)c2)s1. The van der Waals surface area contributed by atoms with Crippen LogP contribution in [0.5, 0.6) is 5.75 Å². The lowest BCUT2D eigenvalue weighted by Crippen LogP contribution is -2.09. The summed E-state index contributed by atoms with van der Waals surface area (Å²) in [6, 6.07) is 8.01. The highest BCUT2D eigenvalue weighted by molar-refractivity contribution is 7.11. The second-order valence-corrected chi connectivity index (χ2v) is 5.19. The molecule has 1 N–H and O–H groups in total. The molecule has 1 aromatic heterocycles. The molecule has 0 fully saturated rings. The lowest BCUT2D eigenvalue weighted by Gasteiger charge is -2.03. The lowest BCUT2D eigenvalue weighted by atomic mass is 10.2. The summed E-state index contributed by atoms with van der Waals surface area (Å²) < 4.78 is 5.68. The molecule has 0 radical (unpaired) electrons. The molecule has 0 aliphatic heterocycles. The maximum absolute atomic E-state index is 5.68. The van der Waals surface area contributed by atoms with Crippen LogP contribution >= 0.6 is 11.3 Å². The Morgan fingerprint density at radius 2 is 2.11 bits per heavy atom. The number of aryl methyl sites for hydroxylation is 1. The van der Waals surface area contributed by atoms with Gasteiger partial charge in [0, 0.05) is 13.0 Å². The molecular formula is C13H17N3OS. The predicted octanol–water partition coefficient (Wildman–Crippen LogP) is 2.19. The van der Waals surface area contributed by atoms with Gasteiger partial charge in [0.15, 0.2) is 5.01 Å². The monoisotopic (exact) mass is 263 g/mol. The van der Waals surface area contributed by atoms with E-state index >= 15 is 0 Å². The van der Waals surface area contributed by atoms with Gasteiger partial charge < -0.3 is 10.1 Å². The summed E-state index contributed by atoms with van der Waals surface area (Å²) in [4.78, 5) is 0. The summed E-state index contributed by atoms with van der Waals surface area (Å²) in [5.74, 6) is 0.877. The first-order chi connectivity index (χ1) is 8.78. The van der Waals surface area contributed by atoms with E-state index in [-0.39, 0.29) is 0 Å². The second kappa shape index (κ2) is 6.47. The minimum Gasteiger partial charge on any atom is -0.486 e. The Balaban J connectivity index is 1.88. The predicted molar refractivity (Wildman–Crippen MR) is 73.1 cm³/mol. The molecule has 5 heteroatoms. The fourth-order valence-electron chi connectivity index (χ4n) is 1.53. The fourth-order valence-corrected chi connectivity index (χ4v) is 2.29. The van der Waals surface area contributed by atoms with E-state index in [1.807, 2.05) is 38.2 Å². The van der Waals surface area contributed by atoms with Crippen molar-refractivity contribution in [3.05, 3.63) is 39.8 Å². The minimum absolute atomic E-state index is 0.487. The topological polar surface area (TPSA) is 47.0 Å². The standard InChI is InChI=1S/C13H17N3OS/c1-10-4-3-5-11(8-10)17-9-13-16-15-12(18-13)6-7-14-2/h3-5,8,14H,6-7,9H2,1-2H3. The van der Waals surface area contributed by atoms with Gasteiger partial charge in [0.1, 0.15) is 17.4 Å². The zero-order valence-electron chi connectivity index (χ0n) is 10.6. The molecule has 0 unspecified atom stereocenters. The van der Waals surface area contributed by atoms with Crippen LogP contribution in [0.15, 0.2) is 24.3 Å². The van der Waals surface area contributed by atoms with Crippen LogP contribution < -0.4 is 10.1 Å². The Hall–Kier alpha value is -1.46. The number of ether oxygens (including phenoxy) is 1. The summed E-state index contributed by atoms with van der Waals surface area (Å²) in [6.07, 6.45) is 0.915. The Morgan fingerprint density at radius 3 is 2.89 bits per heavy atom. The number of likely N-dealkylation sites (N-methyl/N-ethyl adjacent to an activating group) is 1. The molecule has 2 aromatic rings. The van der Waals surface area contributed by atoms with Gasteiger partial charge in [-0.3, -0.25) is 0 Å². The quantitative estimate of drug-likeness (QED) is 0.868. The fraction of sp³-hybridized carbons (Fsp3) is 0.385. The number of benzene rings is 1. The maximum atomic E-state index is 5.68. The van der Waals surface area contributed by atoms with Gasteiger partial charge in [-0.1, -0.05) is 23.5 Å². The zero-order chi connectivity index (χ0) is 12.8. The van der Waals surface area contributed by atoms with Gasteiger partial charge in [-0.2, -0.15) is 0 Å². The van der Waals surface area contributed by atoms with Crippen LogP contribution in [0.1, 0.15) is 15.6 Å². The first-order valence-corrected chi connectivity index (χ1v) is 6.75. The average molecular weight is 263 g/mol. The third kappa shape index (κ3) is 3.78. The largest absolute Gasteiger partial charge is 0.486 e. The molecule has 1 aromatic carbocycles. The highest BCUT2D eigenvalue weighted by atomic mass is 32.1. The summed E-state index contributed by atoms with van der Waals surface area (Å²) in [5, 5.41) is 13.3. The summed E-state index contributed by atoms with van der Waals surface area (Å²) in [5.41, 5.74) is 1.19. The van der Waals surface area contributed by atoms with Gasteiger partial charge in [0.25, 0.3) is 0 Å². The van der Waals surface area contributed by atoms with Crippen LogP contribution in [-0.2, 0) is 13.0 Å². The van der Waals surface area contributed by atoms with Crippen molar-refractivity contribution in [3.8, 4) is 5.75 Å². The highest BCUT2D eigenvalue weighted by Gasteiger charge is 2.04. The summed E-state index contributed by atoms with van der Waals surface area (Å²) >= 11 is 1.61. The number of aromatic nitrogens is 2. The number of hydrogen-bond donors (Lipinski definition) is 1. The van der Waals surface area contributed by atoms with Crippen molar-refractivity contribution in [2.75, 3.05) is 13.6 Å². The molecule has 0 aliphatic carbocycles. The Labute approximate surface area is 111 Å². The molecule has 2 rings (SSSR count). The van der Waals surface area contributed by atoms with Gasteiger partial charge in [0.05, 0.1) is 0 Å². The molecule has 0 saturated carbocycles. The highest BCUT2D eigenvalue weighted by Crippen LogP contribution is 2.16. The van der Waals surface area contributed by atoms with E-state index < -0.39 is 0 Å². The Bertz CT molecular complexity index is 498. The van der Waals surface area contributed by atoms with Crippen LogP contribution in [0, 0.1) is 6.92 Å². The van der Waals surface area contributed by atoms with Crippen LogP contribution in [0.2, 0.25) is 0 Å². The van der Waals surface area contributed by atoms with Crippen molar-refractivity contribution in [3.63, 3.8) is 0 Å². The van der Waals surface area contributed by atoms with E-state index in [0.29, 0.717) is 6.61 Å². The van der Waals surface area contributed by atoms with E-state index in [0.717, 1.165) is 28.7 Å². The van der Waals surface area contributed by atoms with Crippen LogP contribution in [0.4, 0.5) is 0 Å². The molecule has 4 nitrogen and oxygen atoms in total. The van der Waals surface area contributed by atoms with Crippen LogP contribution in [0.3, 0.4) is 0 Å². The van der Waals surface area contributed by atoms with E-state index in [1.54, 1.807) is 11.3 Å². The van der Waals surface area contributed by atoms with Crippen molar-refractivity contribution < 1.29 is 4.74 Å². The van der Waals surface area contributed by atoms with Gasteiger partial charge in [-0.25, -0.2) is 0 Å². The molecule has 18 heavy (non-hydrogen) atoms. The second-order valence-electron chi connectivity index (χ2n) is 4.05. The third-order valence-electron chi connectivity index (χ3n) is 2.45. The van der Waals surface area contributed by atoms with E-state index in [4.69, 9.17) is 4.74 Å². The zero-order valence-corrected chi connectivity index (χ0v) is 11.5. The van der Waals surface area contributed by atoms with Crippen LogP contribution in [0.25, 0.3) is 0 Å². The molecule has 0 atom stereocenters. The van der Waals surface area contributed by atoms with Gasteiger partial charge >= 0.3 is 0 Å². The lowest BCUT2D eigenvalue weighted by molar-refractivity contribution is 0.304. The smallest absolute Gasteiger partial charge is 0.155 e. The van der Waals surface area contributed by atoms with Crippen molar-refractivity contribution in [1.29, 1.82) is 0 Å². The maximum Gasteiger partial charge on any atom is 0.155 e. The first kappa shape index (κ1) is 13.0. The molecular weight excluding hydrogens is 246 g/mol. The Morgan fingerprint density at radius 1 is 1.28 bits per heavy atom. The number of rotatable bonds is 6. The molecule has 96 valence electrons. The number of nitrogens with zero attached hydrogens (tertiary/aromatic N) is 2. The normalized spacial score (nSPS) is 10.6. The third-order valence-corrected chi connectivity index (χ3v) is 3.41. The van der Waals surface area contributed by atoms with Gasteiger partial charge in [-0.05, 0) is 31.7 Å². The Kier molecular flexibility index (Phi) is 4.66. The van der Waals surface area contributed by atoms with Gasteiger partial charge in [-0.15, -0.1) is 10.2 Å². The summed E-state index contributed by atoms with van der Waals surface area (Å²) in [7, 11) is 1.93. The molecule has 0 amide bonds. The minimum atomic E-state index is 0.487. The number of hydrogen-bond acceptors (Lipinski definition) is 5. The van der Waals surface area contributed by atoms with Crippen molar-refractivity contribution in [1.82, 2.24) is 15.5 Å². The number of nitrogens with one attached hydrogen (secondary N) is 1. The first-order valence-electron chi connectivity index (χ1n) is 5.93. The molecule has 1 heterocycles. The summed E-state index contributed by atoms with van der Waals surface area (Å²) in [6.45, 7) is 3.46. The van der Waals surface area contributed by atoms with Gasteiger partial charge in [0.2, 0.25) is 0 Å². The molecule has 0 saturated heterocycles. The molecule has 0 aliphatic rings. The molecule has 0 bridgehead atoms. The van der Waals surface area contributed by atoms with Crippen molar-refractivity contribution in [2.24, 2.45) is 0 Å². The van der Waals surface area contributed by atoms with E-state index in [1.165, 1.54) is 5.56 Å². The van der Waals surface area contributed by atoms with E-state index in [9.17, 15) is 0 Å².